The maximum absolute atomic E-state index is 14.1. The van der Waals surface area contributed by atoms with Crippen LogP contribution in [0.1, 0.15) is 196 Å². The van der Waals surface area contributed by atoms with E-state index in [4.69, 9.17) is 53.5 Å². The SMILES string of the molecule is COC(=O)N[C@H](C(=O)N1CCC[C@H]1c1ncc(-c2ccc3c(c2)CCc2cc(-c4cnc([C@@H]5[C@H]6CC[C@H](C6)N5C(=O)OC(C)(C)C)[nH]4)ccc2-3)[nH]1)C(C)C.COC(=O)N[C@H](C(=O)N1CCC[C@H]1c1ncc(-c2ccc3c(c2)CCc2cc(-c4cnc([C@@H]5[C@H]6CC[C@H](C6)N5C(=O)[C@@H](NC(=O)OC)[C@@H](C)OC)[nH]4)ccc2-3)[nH]1)C(C)C.COC(=O)N[C@H](C(=O)O)[C@@H](C)OC. The van der Waals surface area contributed by atoms with Gasteiger partial charge in [0, 0.05) is 39.4 Å². The maximum Gasteiger partial charge on any atom is 0.411 e. The minimum atomic E-state index is -1.17. The van der Waals surface area contributed by atoms with Crippen molar-refractivity contribution >= 4 is 54.2 Å². The van der Waals surface area contributed by atoms with Crippen molar-refractivity contribution in [1.82, 2.24) is 80.7 Å². The number of nitrogens with one attached hydrogen (secondary N) is 8. The predicted octanol–water partition coefficient (Wildman–Crippen LogP) is 13.7. The molecule has 14 atom stereocenters. The van der Waals surface area contributed by atoms with Crippen LogP contribution >= 0.6 is 0 Å². The zero-order valence-corrected chi connectivity index (χ0v) is 74.3. The summed E-state index contributed by atoms with van der Waals surface area (Å²) in [4.78, 5) is 153. The van der Waals surface area contributed by atoms with E-state index in [0.29, 0.717) is 19.0 Å². The van der Waals surface area contributed by atoms with Crippen LogP contribution in [0.15, 0.2) is 97.6 Å². The second-order valence-corrected chi connectivity index (χ2v) is 35.7. The van der Waals surface area contributed by atoms with Gasteiger partial charge in [-0.25, -0.2) is 48.7 Å². The van der Waals surface area contributed by atoms with Crippen molar-refractivity contribution in [1.29, 1.82) is 0 Å². The number of amides is 8. The Hall–Kier alpha value is -12.1. The lowest BCUT2D eigenvalue weighted by molar-refractivity contribution is -0.143. The molecule has 8 amide bonds. The number of methoxy groups -OCH3 is 6. The molecule has 4 aromatic carbocycles. The van der Waals surface area contributed by atoms with Crippen molar-refractivity contribution in [2.75, 3.05) is 55.7 Å². The average molecular weight is 1730 g/mol. The topological polar surface area (TPSA) is 414 Å². The van der Waals surface area contributed by atoms with E-state index in [9.17, 15) is 43.2 Å². The third-order valence-electron chi connectivity index (χ3n) is 26.2. The minimum Gasteiger partial charge on any atom is -0.480 e. The number of ether oxygens (including phenoxy) is 7. The molecule has 4 saturated heterocycles. The molecule has 4 bridgehead atoms. The number of aromatic nitrogens is 8. The fourth-order valence-corrected chi connectivity index (χ4v) is 19.6. The van der Waals surface area contributed by atoms with Crippen LogP contribution in [0.2, 0.25) is 0 Å². The first-order valence-electron chi connectivity index (χ1n) is 43.7. The lowest BCUT2D eigenvalue weighted by Crippen LogP contribution is -2.56. The molecule has 33 nitrogen and oxygen atoms in total. The summed E-state index contributed by atoms with van der Waals surface area (Å²) in [7, 11) is 7.92. The molecule has 8 aromatic rings. The second-order valence-electron chi connectivity index (χ2n) is 35.7. The first-order valence-corrected chi connectivity index (χ1v) is 43.7. The number of hydrogen-bond donors (Lipinski definition) is 9. The predicted molar refractivity (Wildman–Crippen MR) is 467 cm³/mol. The van der Waals surface area contributed by atoms with Crippen molar-refractivity contribution in [3.63, 3.8) is 0 Å². The molecule has 672 valence electrons. The summed E-state index contributed by atoms with van der Waals surface area (Å²) in [5, 5.41) is 18.9. The Balaban J connectivity index is 0.000000180. The highest BCUT2D eigenvalue weighted by Gasteiger charge is 2.54. The van der Waals surface area contributed by atoms with E-state index < -0.39 is 72.3 Å². The second kappa shape index (κ2) is 38.4. The number of carboxylic acids is 1. The number of carboxylic acid groups (broad SMARTS) is 1. The Morgan fingerprint density at radius 2 is 0.746 bits per heavy atom. The molecule has 6 fully saturated rings. The van der Waals surface area contributed by atoms with Gasteiger partial charge in [0.2, 0.25) is 17.7 Å². The first kappa shape index (κ1) is 90.1. The number of carbonyl (C=O) groups is 9. The molecular formula is C93H118N16O17. The summed E-state index contributed by atoms with van der Waals surface area (Å²) in [6.07, 6.45) is 16.2. The smallest absolute Gasteiger partial charge is 0.411 e. The van der Waals surface area contributed by atoms with Gasteiger partial charge in [0.1, 0.15) is 47.0 Å². The number of hydrogen-bond acceptors (Lipinski definition) is 20. The number of likely N-dealkylation sites (tertiary alicyclic amines) is 4. The average Bonchev–Trinajstić information content (AvgIpc) is 1.64. The van der Waals surface area contributed by atoms with E-state index in [1.807, 2.05) is 92.9 Å². The molecule has 4 aliphatic heterocycles. The van der Waals surface area contributed by atoms with Crippen molar-refractivity contribution in [3.05, 3.63) is 143 Å². The number of alkyl carbamates (subject to hydrolysis) is 4. The van der Waals surface area contributed by atoms with Crippen LogP contribution in [0.4, 0.5) is 24.0 Å². The van der Waals surface area contributed by atoms with Crippen LogP contribution in [0, 0.1) is 23.7 Å². The largest absolute Gasteiger partial charge is 0.480 e. The van der Waals surface area contributed by atoms with Gasteiger partial charge in [0.15, 0.2) is 6.04 Å². The summed E-state index contributed by atoms with van der Waals surface area (Å²) in [5.41, 5.74) is 17.3. The fourth-order valence-electron chi connectivity index (χ4n) is 19.6. The van der Waals surface area contributed by atoms with Crippen LogP contribution in [-0.2, 0) is 78.0 Å². The number of aryl methyl sites for hydroxylation is 4. The molecule has 126 heavy (non-hydrogen) atoms. The summed E-state index contributed by atoms with van der Waals surface area (Å²) < 4.78 is 34.7. The van der Waals surface area contributed by atoms with Gasteiger partial charge in [-0.2, -0.15) is 0 Å². The van der Waals surface area contributed by atoms with Crippen molar-refractivity contribution < 1.29 is 81.4 Å². The number of imidazole rings is 4. The normalized spacial score (nSPS) is 21.4. The van der Waals surface area contributed by atoms with Crippen LogP contribution in [0.5, 0.6) is 0 Å². The maximum atomic E-state index is 14.1. The number of fused-ring (bicyclic) bond motifs is 10. The number of rotatable bonds is 22. The Bertz CT molecular complexity index is 5340. The number of carbonyl (C=O) groups excluding carboxylic acids is 8. The van der Waals surface area contributed by atoms with Gasteiger partial charge in [0.25, 0.3) is 0 Å². The summed E-state index contributed by atoms with van der Waals surface area (Å²) in [5.74, 6) is 1.94. The number of H-pyrrole nitrogens is 4. The molecule has 4 aromatic heterocycles. The monoisotopic (exact) mass is 1730 g/mol. The highest BCUT2D eigenvalue weighted by Crippen LogP contribution is 2.53. The van der Waals surface area contributed by atoms with Crippen LogP contribution in [-0.4, -0.2) is 229 Å². The number of aromatic amines is 4. The van der Waals surface area contributed by atoms with E-state index >= 15 is 0 Å². The van der Waals surface area contributed by atoms with Gasteiger partial charge in [-0.1, -0.05) is 76.2 Å². The number of nitrogens with zero attached hydrogens (tertiary/aromatic N) is 8. The molecule has 8 aliphatic rings. The van der Waals surface area contributed by atoms with Gasteiger partial charge < -0.3 is 94.2 Å². The van der Waals surface area contributed by atoms with Crippen LogP contribution in [0.3, 0.4) is 0 Å². The van der Waals surface area contributed by atoms with Gasteiger partial charge in [-0.05, 0) is 239 Å². The molecule has 0 radical (unpaired) electrons. The first-order chi connectivity index (χ1) is 60.4. The van der Waals surface area contributed by atoms with E-state index in [1.165, 1.54) is 87.0 Å². The summed E-state index contributed by atoms with van der Waals surface area (Å²) in [6.45, 7) is 17.9. The Kier molecular flexibility index (Phi) is 27.4. The molecule has 4 aliphatic carbocycles. The highest BCUT2D eigenvalue weighted by molar-refractivity contribution is 5.90. The number of aliphatic carboxylic acids is 1. The molecule has 2 saturated carbocycles. The summed E-state index contributed by atoms with van der Waals surface area (Å²) >= 11 is 0. The van der Waals surface area contributed by atoms with E-state index in [2.05, 4.69) is 119 Å². The zero-order valence-electron chi connectivity index (χ0n) is 74.3. The van der Waals surface area contributed by atoms with Gasteiger partial charge in [-0.15, -0.1) is 0 Å². The van der Waals surface area contributed by atoms with E-state index in [-0.39, 0.29) is 77.8 Å². The van der Waals surface area contributed by atoms with Crippen molar-refractivity contribution in [2.45, 2.75) is 230 Å². The lowest BCUT2D eigenvalue weighted by Gasteiger charge is -2.37. The zero-order chi connectivity index (χ0) is 89.9. The van der Waals surface area contributed by atoms with Crippen LogP contribution in [0.25, 0.3) is 67.3 Å². The molecular weight excluding hydrogens is 1610 g/mol. The highest BCUT2D eigenvalue weighted by atomic mass is 16.6. The standard InChI is InChI=1S/C44H54N8O7.C42H51N7O5.C7H13NO5/c1-23(2)36(49-43(55)58-5)41(53)51-17-7-8-35(51)39-45-21-33(47-39)27-12-15-31-25(18-27)9-10-26-19-28(13-16-32(26)31)34-22-46-40(48-34)38-29-11-14-30(20-29)52(38)42(54)37(24(3)57-4)50-44(56)59-6;1-23(2)35(47-40(51)53-6)39(50)48-17-7-8-34(48)37-43-21-32(45-37)26-12-15-30-24(18-26)9-10-25-19-27(13-16-31(25)30)33-22-44-38(46-33)36-28-11-14-29(20-28)49(36)41(52)54-42(3,4)5;1-4(12-2)5(6(9)10)8-7(11)13-3/h12-13,15-16,18-19,21-24,29-30,35-38H,7-11,14,17,20H2,1-6H3,(H,45,47)(H,46,48)(H,49,55)(H,50,56);12-13,15-16,18-19,21-23,28-29,34-36H,7-11,14,17,20H2,1-6H3,(H,43,45)(H,44,46)(H,47,51);4-5H,1-3H3,(H,8,11)(H,9,10)/t24-,29+,30-,35+,36+,37+,38+;28-,29+,34-,35-,36-;4-,5+/m101/s1. The molecule has 33 heteroatoms. The number of benzene rings is 4. The number of piperidine rings is 2. The Morgan fingerprint density at radius 3 is 1.09 bits per heavy atom. The quantitative estimate of drug-likeness (QED) is 0.0285. The van der Waals surface area contributed by atoms with Gasteiger partial charge in [0.05, 0.1) is 112 Å². The van der Waals surface area contributed by atoms with E-state index in [1.54, 1.807) is 6.92 Å². The molecule has 8 heterocycles. The third-order valence-corrected chi connectivity index (χ3v) is 26.2. The van der Waals surface area contributed by atoms with Crippen LogP contribution < -0.4 is 21.3 Å². The Morgan fingerprint density at radius 1 is 0.421 bits per heavy atom. The van der Waals surface area contributed by atoms with E-state index in [0.717, 1.165) is 165 Å². The Labute approximate surface area is 733 Å². The van der Waals surface area contributed by atoms with Gasteiger partial charge >= 0.3 is 36.4 Å². The molecule has 0 spiro atoms. The molecule has 0 unspecified atom stereocenters. The van der Waals surface area contributed by atoms with Crippen molar-refractivity contribution in [3.8, 4) is 67.3 Å². The lowest BCUT2D eigenvalue weighted by atomic mass is 9.83. The fraction of sp³-hybridized carbons (Fsp3) is 0.516. The minimum absolute atomic E-state index is 0.0749. The third kappa shape index (κ3) is 19.0. The summed E-state index contributed by atoms with van der Waals surface area (Å²) in [6, 6.07) is 22.6. The van der Waals surface area contributed by atoms with Crippen molar-refractivity contribution in [2.24, 2.45) is 23.7 Å². The molecule has 9 N–H and O–H groups in total. The molecule has 16 rings (SSSR count). The van der Waals surface area contributed by atoms with Gasteiger partial charge in [-0.3, -0.25) is 19.3 Å².